The van der Waals surface area contributed by atoms with Gasteiger partial charge in [-0.2, -0.15) is 0 Å². The monoisotopic (exact) mass is 291 g/mol. The van der Waals surface area contributed by atoms with E-state index < -0.39 is 0 Å². The summed E-state index contributed by atoms with van der Waals surface area (Å²) in [6.07, 6.45) is 5.84. The Hall–Kier alpha value is -1.22. The lowest BCUT2D eigenvalue weighted by Gasteiger charge is -2.39. The van der Waals surface area contributed by atoms with E-state index in [0.29, 0.717) is 0 Å². The van der Waals surface area contributed by atoms with Gasteiger partial charge in [0.15, 0.2) is 0 Å². The molecule has 1 fully saturated rings. The fourth-order valence-electron chi connectivity index (χ4n) is 3.75. The maximum absolute atomic E-state index is 6.79. The van der Waals surface area contributed by atoms with E-state index in [2.05, 4.69) is 19.9 Å². The zero-order valence-corrected chi connectivity index (χ0v) is 13.8. The topological polar surface area (TPSA) is 44.5 Å². The molecule has 0 amide bonds. The van der Waals surface area contributed by atoms with E-state index in [-0.39, 0.29) is 5.54 Å². The summed E-state index contributed by atoms with van der Waals surface area (Å²) in [5.41, 5.74) is 7.65. The van der Waals surface area contributed by atoms with Crippen molar-refractivity contribution >= 4 is 0 Å². The molecular weight excluding hydrogens is 262 g/mol. The third-order valence-corrected chi connectivity index (χ3v) is 4.64. The van der Waals surface area contributed by atoms with Crippen LogP contribution in [0.2, 0.25) is 0 Å². The lowest BCUT2D eigenvalue weighted by molar-refractivity contribution is 0.198. The third-order valence-electron chi connectivity index (χ3n) is 4.64. The van der Waals surface area contributed by atoms with Gasteiger partial charge in [-0.15, -0.1) is 0 Å². The van der Waals surface area contributed by atoms with Gasteiger partial charge in [-0.25, -0.2) is 0 Å². The number of methoxy groups -OCH3 is 2. The molecule has 1 aromatic carbocycles. The predicted molar refractivity (Wildman–Crippen MR) is 86.8 cm³/mol. The fourth-order valence-corrected chi connectivity index (χ4v) is 3.75. The van der Waals surface area contributed by atoms with Gasteiger partial charge >= 0.3 is 0 Å². The highest BCUT2D eigenvalue weighted by molar-refractivity contribution is 5.44. The van der Waals surface area contributed by atoms with Crippen molar-refractivity contribution in [2.45, 2.75) is 51.5 Å². The number of ether oxygens (including phenoxy) is 2. The average Bonchev–Trinajstić information content (AvgIpc) is 2.45. The first-order chi connectivity index (χ1) is 9.98. The molecule has 2 N–H and O–H groups in total. The highest BCUT2D eigenvalue weighted by atomic mass is 16.5. The van der Waals surface area contributed by atoms with Crippen LogP contribution in [0.25, 0.3) is 0 Å². The molecule has 2 atom stereocenters. The van der Waals surface area contributed by atoms with Crippen LogP contribution in [-0.2, 0) is 5.54 Å². The number of hydrogen-bond donors (Lipinski definition) is 1. The summed E-state index contributed by atoms with van der Waals surface area (Å²) < 4.78 is 10.8. The Balaban J connectivity index is 2.26. The molecule has 0 saturated heterocycles. The lowest BCUT2D eigenvalue weighted by atomic mass is 9.70. The zero-order valence-electron chi connectivity index (χ0n) is 13.8. The van der Waals surface area contributed by atoms with E-state index in [1.807, 2.05) is 12.1 Å². The van der Waals surface area contributed by atoms with Crippen molar-refractivity contribution in [1.82, 2.24) is 0 Å². The normalized spacial score (nSPS) is 25.9. The minimum absolute atomic E-state index is 0.268. The van der Waals surface area contributed by atoms with Crippen molar-refractivity contribution in [2.24, 2.45) is 17.6 Å². The highest BCUT2D eigenvalue weighted by Gasteiger charge is 2.36. The van der Waals surface area contributed by atoms with Crippen molar-refractivity contribution in [3.63, 3.8) is 0 Å². The lowest BCUT2D eigenvalue weighted by Crippen LogP contribution is -2.42. The van der Waals surface area contributed by atoms with E-state index in [1.165, 1.54) is 19.3 Å². The van der Waals surface area contributed by atoms with Crippen molar-refractivity contribution in [3.05, 3.63) is 23.8 Å². The van der Waals surface area contributed by atoms with Crippen LogP contribution in [0.1, 0.15) is 51.5 Å². The van der Waals surface area contributed by atoms with Gasteiger partial charge in [0.05, 0.1) is 14.2 Å². The van der Waals surface area contributed by atoms with Crippen molar-refractivity contribution < 1.29 is 9.47 Å². The van der Waals surface area contributed by atoms with Crippen LogP contribution in [-0.4, -0.2) is 14.2 Å². The second-order valence-electron chi connectivity index (χ2n) is 6.81. The average molecular weight is 291 g/mol. The molecule has 2 rings (SSSR count). The van der Waals surface area contributed by atoms with Crippen LogP contribution in [0.3, 0.4) is 0 Å². The maximum Gasteiger partial charge on any atom is 0.127 e. The highest BCUT2D eigenvalue weighted by Crippen LogP contribution is 2.44. The van der Waals surface area contributed by atoms with E-state index in [1.54, 1.807) is 14.2 Å². The Bertz CT molecular complexity index is 472. The molecule has 0 heterocycles. The van der Waals surface area contributed by atoms with Crippen LogP contribution >= 0.6 is 0 Å². The second kappa shape index (κ2) is 6.69. The van der Waals surface area contributed by atoms with Gasteiger partial charge in [-0.1, -0.05) is 26.7 Å². The first-order valence-corrected chi connectivity index (χ1v) is 8.00. The molecule has 21 heavy (non-hydrogen) atoms. The van der Waals surface area contributed by atoms with E-state index in [4.69, 9.17) is 15.2 Å². The molecule has 0 radical (unpaired) electrons. The molecule has 0 spiro atoms. The van der Waals surface area contributed by atoms with E-state index in [0.717, 1.165) is 41.7 Å². The van der Waals surface area contributed by atoms with Gasteiger partial charge in [-0.3, -0.25) is 0 Å². The van der Waals surface area contributed by atoms with E-state index >= 15 is 0 Å². The Kier molecular flexibility index (Phi) is 5.15. The minimum atomic E-state index is -0.268. The van der Waals surface area contributed by atoms with E-state index in [9.17, 15) is 0 Å². The van der Waals surface area contributed by atoms with Gasteiger partial charge in [0.2, 0.25) is 0 Å². The third kappa shape index (κ3) is 3.70. The number of benzene rings is 1. The molecule has 2 unspecified atom stereocenters. The summed E-state index contributed by atoms with van der Waals surface area (Å²) in [4.78, 5) is 0. The van der Waals surface area contributed by atoms with Crippen molar-refractivity contribution in [2.75, 3.05) is 14.2 Å². The first kappa shape index (κ1) is 16.2. The summed E-state index contributed by atoms with van der Waals surface area (Å²) in [7, 11) is 3.38. The van der Waals surface area contributed by atoms with Crippen LogP contribution in [0, 0.1) is 11.8 Å². The summed E-state index contributed by atoms with van der Waals surface area (Å²) in [6, 6.07) is 6.00. The molecule has 1 aliphatic carbocycles. The molecular formula is C18H29NO2. The fraction of sp³-hybridized carbons (Fsp3) is 0.667. The summed E-state index contributed by atoms with van der Waals surface area (Å²) in [5, 5.41) is 0. The van der Waals surface area contributed by atoms with Gasteiger partial charge in [0.1, 0.15) is 11.5 Å². The Morgan fingerprint density at radius 3 is 2.67 bits per heavy atom. The largest absolute Gasteiger partial charge is 0.497 e. The Morgan fingerprint density at radius 2 is 2.05 bits per heavy atom. The molecule has 1 aromatic rings. The second-order valence-corrected chi connectivity index (χ2v) is 6.81. The van der Waals surface area contributed by atoms with Gasteiger partial charge < -0.3 is 15.2 Å². The molecule has 3 nitrogen and oxygen atoms in total. The Morgan fingerprint density at radius 1 is 1.29 bits per heavy atom. The first-order valence-electron chi connectivity index (χ1n) is 8.00. The van der Waals surface area contributed by atoms with Gasteiger partial charge in [-0.05, 0) is 43.2 Å². The zero-order chi connectivity index (χ0) is 15.5. The van der Waals surface area contributed by atoms with Gasteiger partial charge in [0.25, 0.3) is 0 Å². The van der Waals surface area contributed by atoms with Crippen LogP contribution in [0.5, 0.6) is 11.5 Å². The van der Waals surface area contributed by atoms with Crippen LogP contribution in [0.15, 0.2) is 18.2 Å². The molecule has 118 valence electrons. The van der Waals surface area contributed by atoms with Crippen LogP contribution in [0.4, 0.5) is 0 Å². The smallest absolute Gasteiger partial charge is 0.127 e. The Labute approximate surface area is 128 Å². The summed E-state index contributed by atoms with van der Waals surface area (Å²) in [5.74, 6) is 3.11. The molecule has 0 aromatic heterocycles. The predicted octanol–water partition coefficient (Wildman–Crippen LogP) is 4.09. The summed E-state index contributed by atoms with van der Waals surface area (Å²) >= 11 is 0. The molecule has 0 aliphatic heterocycles. The maximum atomic E-state index is 6.79. The minimum Gasteiger partial charge on any atom is -0.497 e. The molecule has 1 aliphatic rings. The number of rotatable bonds is 5. The number of hydrogen-bond acceptors (Lipinski definition) is 3. The van der Waals surface area contributed by atoms with Crippen molar-refractivity contribution in [3.8, 4) is 11.5 Å². The summed E-state index contributed by atoms with van der Waals surface area (Å²) in [6.45, 7) is 4.58. The SMILES string of the molecule is COc1ccc(C2(N)CCCC(CC(C)C)C2)c(OC)c1. The van der Waals surface area contributed by atoms with Crippen LogP contribution < -0.4 is 15.2 Å². The number of nitrogens with two attached hydrogens (primary N) is 1. The van der Waals surface area contributed by atoms with Gasteiger partial charge in [0, 0.05) is 17.2 Å². The standard InChI is InChI=1S/C18H29NO2/c1-13(2)10-14-6-5-9-18(19,12-14)16-8-7-15(20-3)11-17(16)21-4/h7-8,11,13-14H,5-6,9-10,12,19H2,1-4H3. The molecule has 1 saturated carbocycles. The molecule has 3 heteroatoms. The quantitative estimate of drug-likeness (QED) is 0.888. The molecule has 0 bridgehead atoms. The van der Waals surface area contributed by atoms with Crippen molar-refractivity contribution in [1.29, 1.82) is 0 Å².